The van der Waals surface area contributed by atoms with Crippen molar-refractivity contribution in [1.82, 2.24) is 4.90 Å². The minimum atomic E-state index is 0.0489. The van der Waals surface area contributed by atoms with E-state index in [1.165, 1.54) is 5.56 Å². The molecule has 0 aromatic heterocycles. The number of likely N-dealkylation sites (tertiary alicyclic amines) is 1. The molecule has 0 saturated carbocycles. The Morgan fingerprint density at radius 1 is 1.16 bits per heavy atom. The molecule has 0 unspecified atom stereocenters. The zero-order valence-electron chi connectivity index (χ0n) is 18.9. The van der Waals surface area contributed by atoms with E-state index in [-0.39, 0.29) is 5.91 Å². The number of carbonyl (C=O) groups is 1. The van der Waals surface area contributed by atoms with Crippen LogP contribution in [0.4, 0.5) is 0 Å². The second-order valence-electron chi connectivity index (χ2n) is 9.05. The second-order valence-corrected chi connectivity index (χ2v) is 9.41. The lowest BCUT2D eigenvalue weighted by Crippen LogP contribution is -2.48. The summed E-state index contributed by atoms with van der Waals surface area (Å²) in [5, 5.41) is 9.52. The maximum absolute atomic E-state index is 13.1. The highest BCUT2D eigenvalue weighted by atomic mass is 35.5. The Kier molecular flexibility index (Phi) is 6.48. The Morgan fingerprint density at radius 3 is 2.53 bits per heavy atom. The summed E-state index contributed by atoms with van der Waals surface area (Å²) in [6.45, 7) is 7.75. The van der Waals surface area contributed by atoms with Crippen LogP contribution in [0.5, 0.6) is 0 Å². The van der Waals surface area contributed by atoms with Crippen molar-refractivity contribution in [2.24, 2.45) is 10.9 Å². The van der Waals surface area contributed by atoms with E-state index in [0.29, 0.717) is 41.2 Å². The van der Waals surface area contributed by atoms with E-state index in [1.54, 1.807) is 0 Å². The molecule has 1 fully saturated rings. The van der Waals surface area contributed by atoms with E-state index in [4.69, 9.17) is 21.9 Å². The molecule has 0 atom stereocenters. The van der Waals surface area contributed by atoms with Gasteiger partial charge < -0.3 is 4.90 Å². The minimum Gasteiger partial charge on any atom is -0.337 e. The van der Waals surface area contributed by atoms with E-state index < -0.39 is 0 Å². The predicted molar refractivity (Wildman–Crippen MR) is 130 cm³/mol. The number of benzene rings is 2. The molecule has 2 aliphatic rings. The average molecular weight is 446 g/mol. The Labute approximate surface area is 195 Å². The third-order valence-corrected chi connectivity index (χ3v) is 6.82. The van der Waals surface area contributed by atoms with Gasteiger partial charge in [-0.25, -0.2) is 4.99 Å². The number of allylic oxidation sites excluding steroid dienone is 1. The number of rotatable bonds is 4. The van der Waals surface area contributed by atoms with Gasteiger partial charge in [-0.2, -0.15) is 5.26 Å². The van der Waals surface area contributed by atoms with E-state index >= 15 is 0 Å². The smallest absolute Gasteiger partial charge is 0.253 e. The zero-order valence-corrected chi connectivity index (χ0v) is 19.6. The number of aryl methyl sites for hydroxylation is 1. The molecule has 1 amide bonds. The van der Waals surface area contributed by atoms with Crippen molar-refractivity contribution in [3.05, 3.63) is 75.4 Å². The quantitative estimate of drug-likeness (QED) is 0.519. The van der Waals surface area contributed by atoms with E-state index in [0.717, 1.165) is 41.7 Å². The van der Waals surface area contributed by atoms with Crippen LogP contribution in [0.1, 0.15) is 71.6 Å². The molecule has 1 saturated heterocycles. The largest absolute Gasteiger partial charge is 0.337 e. The number of halogens is 1. The Bertz CT molecular complexity index is 1130. The summed E-state index contributed by atoms with van der Waals surface area (Å²) in [6.07, 6.45) is 2.83. The number of nitriles is 1. The topological polar surface area (TPSA) is 56.5 Å². The van der Waals surface area contributed by atoms with Crippen LogP contribution in [-0.4, -0.2) is 29.6 Å². The SMILES string of the molecule is Cc1ccc(C(=O)N2CC(c3ccc(C#N)cc3)C2)cc1C1=C(Cl)N=C(C(C)C)CCC1. The lowest BCUT2D eigenvalue weighted by atomic mass is 9.89. The van der Waals surface area contributed by atoms with Crippen LogP contribution >= 0.6 is 11.6 Å². The fourth-order valence-corrected chi connectivity index (χ4v) is 4.72. The maximum atomic E-state index is 13.1. The first-order chi connectivity index (χ1) is 15.4. The van der Waals surface area contributed by atoms with Gasteiger partial charge in [0.2, 0.25) is 0 Å². The highest BCUT2D eigenvalue weighted by molar-refractivity contribution is 6.33. The molecule has 4 rings (SSSR count). The van der Waals surface area contributed by atoms with E-state index in [9.17, 15) is 4.79 Å². The molecule has 4 nitrogen and oxygen atoms in total. The molecule has 5 heteroatoms. The number of hydrogen-bond donors (Lipinski definition) is 0. The molecule has 2 heterocycles. The molecular weight excluding hydrogens is 418 g/mol. The van der Waals surface area contributed by atoms with Gasteiger partial charge in [0.1, 0.15) is 5.16 Å². The molecule has 2 aromatic rings. The molecule has 0 spiro atoms. The third-order valence-electron chi connectivity index (χ3n) is 6.51. The summed E-state index contributed by atoms with van der Waals surface area (Å²) in [5.74, 6) is 0.750. The van der Waals surface area contributed by atoms with Gasteiger partial charge >= 0.3 is 0 Å². The summed E-state index contributed by atoms with van der Waals surface area (Å²) in [4.78, 5) is 19.7. The first kappa shape index (κ1) is 22.3. The zero-order chi connectivity index (χ0) is 22.8. The van der Waals surface area contributed by atoms with Crippen molar-refractivity contribution in [3.8, 4) is 6.07 Å². The van der Waals surface area contributed by atoms with Crippen LogP contribution in [0, 0.1) is 24.2 Å². The fourth-order valence-electron chi connectivity index (χ4n) is 4.41. The van der Waals surface area contributed by atoms with Crippen LogP contribution in [0.25, 0.3) is 5.57 Å². The summed E-state index contributed by atoms with van der Waals surface area (Å²) in [5.41, 5.74) is 6.84. The molecule has 0 radical (unpaired) electrons. The molecule has 164 valence electrons. The van der Waals surface area contributed by atoms with Crippen LogP contribution in [0.15, 0.2) is 52.6 Å². The van der Waals surface area contributed by atoms with E-state index in [1.807, 2.05) is 47.4 Å². The van der Waals surface area contributed by atoms with Gasteiger partial charge in [-0.3, -0.25) is 4.79 Å². The van der Waals surface area contributed by atoms with Crippen molar-refractivity contribution in [3.63, 3.8) is 0 Å². The van der Waals surface area contributed by atoms with Crippen molar-refractivity contribution >= 4 is 28.8 Å². The molecule has 0 aliphatic carbocycles. The van der Waals surface area contributed by atoms with Gasteiger partial charge in [-0.1, -0.05) is 43.6 Å². The molecule has 2 aliphatic heterocycles. The Hall–Kier alpha value is -2.90. The Morgan fingerprint density at radius 2 is 1.88 bits per heavy atom. The highest BCUT2D eigenvalue weighted by Gasteiger charge is 2.32. The van der Waals surface area contributed by atoms with Gasteiger partial charge in [0, 0.05) is 30.3 Å². The summed E-state index contributed by atoms with van der Waals surface area (Å²) in [6, 6.07) is 15.7. The summed E-state index contributed by atoms with van der Waals surface area (Å²) < 4.78 is 0. The van der Waals surface area contributed by atoms with Crippen molar-refractivity contribution in [1.29, 1.82) is 5.26 Å². The first-order valence-corrected chi connectivity index (χ1v) is 11.6. The van der Waals surface area contributed by atoms with Gasteiger partial charge in [0.15, 0.2) is 0 Å². The number of carbonyl (C=O) groups excluding carboxylic acids is 1. The Balaban J connectivity index is 1.52. The first-order valence-electron chi connectivity index (χ1n) is 11.2. The number of amides is 1. The standard InChI is InChI=1S/C27H28ClN3O/c1-17(2)25-6-4-5-23(26(28)30-25)24-13-21(10-7-18(24)3)27(32)31-15-22(16-31)20-11-8-19(14-29)9-12-20/h7-13,17,22H,4-6,15-16H2,1-3H3. The third kappa shape index (κ3) is 4.49. The molecular formula is C27H28ClN3O. The lowest BCUT2D eigenvalue weighted by Gasteiger charge is -2.39. The fraction of sp³-hybridized carbons (Fsp3) is 0.370. The van der Waals surface area contributed by atoms with Gasteiger partial charge in [-0.05, 0) is 78.6 Å². The molecule has 0 N–H and O–H groups in total. The molecule has 2 aromatic carbocycles. The van der Waals surface area contributed by atoms with Crippen molar-refractivity contribution in [2.75, 3.05) is 13.1 Å². The summed E-state index contributed by atoms with van der Waals surface area (Å²) in [7, 11) is 0. The van der Waals surface area contributed by atoms with Gasteiger partial charge in [0.05, 0.1) is 11.6 Å². The normalized spacial score (nSPS) is 17.0. The average Bonchev–Trinajstić information content (AvgIpc) is 2.95. The highest BCUT2D eigenvalue weighted by Crippen LogP contribution is 2.35. The number of aliphatic imine (C=N–C) groups is 1. The van der Waals surface area contributed by atoms with Crippen molar-refractivity contribution in [2.45, 2.75) is 46.0 Å². The summed E-state index contributed by atoms with van der Waals surface area (Å²) >= 11 is 6.65. The van der Waals surface area contributed by atoms with Gasteiger partial charge in [-0.15, -0.1) is 0 Å². The van der Waals surface area contributed by atoms with Gasteiger partial charge in [0.25, 0.3) is 5.91 Å². The van der Waals surface area contributed by atoms with Crippen molar-refractivity contribution < 1.29 is 4.79 Å². The maximum Gasteiger partial charge on any atom is 0.253 e. The van der Waals surface area contributed by atoms with Crippen LogP contribution in [0.2, 0.25) is 0 Å². The van der Waals surface area contributed by atoms with E-state index in [2.05, 4.69) is 26.8 Å². The lowest BCUT2D eigenvalue weighted by molar-refractivity contribution is 0.0602. The monoisotopic (exact) mass is 445 g/mol. The minimum absolute atomic E-state index is 0.0489. The van der Waals surface area contributed by atoms with Crippen LogP contribution < -0.4 is 0 Å². The predicted octanol–water partition coefficient (Wildman–Crippen LogP) is 6.29. The second kappa shape index (κ2) is 9.30. The molecule has 32 heavy (non-hydrogen) atoms. The van der Waals surface area contributed by atoms with Crippen LogP contribution in [0.3, 0.4) is 0 Å². The number of nitrogens with zero attached hydrogens (tertiary/aromatic N) is 3. The number of hydrogen-bond acceptors (Lipinski definition) is 3. The van der Waals surface area contributed by atoms with Crippen LogP contribution in [-0.2, 0) is 0 Å². The molecule has 0 bridgehead atoms.